The molecule has 1 heterocycles. The van der Waals surface area contributed by atoms with Gasteiger partial charge >= 0.3 is 11.8 Å². The normalized spacial score (nSPS) is 11.1. The molecule has 0 aliphatic carbocycles. The second-order valence-electron chi connectivity index (χ2n) is 5.97. The molecule has 2 aromatic rings. The van der Waals surface area contributed by atoms with Crippen molar-refractivity contribution >= 4 is 29.6 Å². The lowest BCUT2D eigenvalue weighted by Gasteiger charge is -2.09. The van der Waals surface area contributed by atoms with Crippen LogP contribution in [0.2, 0.25) is 5.02 Å². The number of halogens is 1. The van der Waals surface area contributed by atoms with Crippen LogP contribution in [0.5, 0.6) is 0 Å². The molecule has 7 heteroatoms. The first-order chi connectivity index (χ1) is 11.8. The summed E-state index contributed by atoms with van der Waals surface area (Å²) in [4.78, 5) is 23.2. The van der Waals surface area contributed by atoms with Crippen molar-refractivity contribution in [1.29, 1.82) is 0 Å². The Kier molecular flexibility index (Phi) is 5.98. The van der Waals surface area contributed by atoms with Crippen molar-refractivity contribution in [3.8, 4) is 5.69 Å². The third kappa shape index (κ3) is 4.70. The largest absolute Gasteiger partial charge is 0.346 e. The minimum Gasteiger partial charge on any atom is -0.346 e. The lowest BCUT2D eigenvalue weighted by Crippen LogP contribution is -2.41. The summed E-state index contributed by atoms with van der Waals surface area (Å²) in [5.41, 5.74) is 5.96. The minimum atomic E-state index is -0.798. The van der Waals surface area contributed by atoms with Crippen molar-refractivity contribution in [2.24, 2.45) is 5.10 Å². The number of carbonyl (C=O) groups is 2. The third-order valence-corrected chi connectivity index (χ3v) is 3.77. The highest BCUT2D eigenvalue weighted by molar-refractivity contribution is 6.35. The summed E-state index contributed by atoms with van der Waals surface area (Å²) in [6, 6.07) is 9.38. The molecule has 0 saturated heterocycles. The highest BCUT2D eigenvalue weighted by Gasteiger charge is 2.13. The van der Waals surface area contributed by atoms with Gasteiger partial charge in [0, 0.05) is 33.7 Å². The van der Waals surface area contributed by atoms with Crippen LogP contribution >= 0.6 is 11.6 Å². The molecule has 0 fully saturated rings. The number of aryl methyl sites for hydroxylation is 1. The summed E-state index contributed by atoms with van der Waals surface area (Å²) in [6.07, 6.45) is 1.52. The number of benzene rings is 1. The fourth-order valence-corrected chi connectivity index (χ4v) is 2.65. The molecule has 0 bridgehead atoms. The van der Waals surface area contributed by atoms with E-state index in [1.165, 1.54) is 6.21 Å². The van der Waals surface area contributed by atoms with Crippen molar-refractivity contribution in [2.75, 3.05) is 0 Å². The van der Waals surface area contributed by atoms with Gasteiger partial charge in [0.05, 0.1) is 6.21 Å². The zero-order chi connectivity index (χ0) is 18.6. The summed E-state index contributed by atoms with van der Waals surface area (Å²) in [5, 5.41) is 7.03. The van der Waals surface area contributed by atoms with E-state index in [0.717, 1.165) is 22.6 Å². The zero-order valence-electron chi connectivity index (χ0n) is 14.6. The molecule has 0 atom stereocenters. The van der Waals surface area contributed by atoms with Gasteiger partial charge < -0.3 is 9.88 Å². The smallest absolute Gasteiger partial charge is 0.329 e. The molecule has 1 aromatic heterocycles. The summed E-state index contributed by atoms with van der Waals surface area (Å²) in [5.74, 6) is -1.51. The standard InChI is InChI=1S/C18H21ClN4O2/c1-11(2)21-17(24)18(25)22-20-10-14-8-12(3)23(13(14)4)16-7-5-6-15(19)9-16/h5-11H,1-4H3,(H,21,24)(H,22,25)/b20-10+. The van der Waals surface area contributed by atoms with E-state index in [2.05, 4.69) is 15.8 Å². The molecular formula is C18H21ClN4O2. The van der Waals surface area contributed by atoms with E-state index in [4.69, 9.17) is 11.6 Å². The molecule has 25 heavy (non-hydrogen) atoms. The minimum absolute atomic E-state index is 0.112. The highest BCUT2D eigenvalue weighted by Crippen LogP contribution is 2.22. The van der Waals surface area contributed by atoms with Crippen LogP contribution in [0.3, 0.4) is 0 Å². The first-order valence-electron chi connectivity index (χ1n) is 7.88. The third-order valence-electron chi connectivity index (χ3n) is 3.53. The molecule has 2 rings (SSSR count). The Bertz CT molecular complexity index is 824. The van der Waals surface area contributed by atoms with Gasteiger partial charge in [0.25, 0.3) is 0 Å². The Balaban J connectivity index is 2.15. The van der Waals surface area contributed by atoms with Crippen molar-refractivity contribution < 1.29 is 9.59 Å². The molecule has 1 aromatic carbocycles. The molecule has 2 N–H and O–H groups in total. The number of aromatic nitrogens is 1. The first-order valence-corrected chi connectivity index (χ1v) is 8.26. The van der Waals surface area contributed by atoms with E-state index >= 15 is 0 Å². The maximum Gasteiger partial charge on any atom is 0.329 e. The number of nitrogens with one attached hydrogen (secondary N) is 2. The van der Waals surface area contributed by atoms with Crippen LogP contribution in [0, 0.1) is 13.8 Å². The average Bonchev–Trinajstić information content (AvgIpc) is 2.80. The summed E-state index contributed by atoms with van der Waals surface area (Å²) in [7, 11) is 0. The topological polar surface area (TPSA) is 75.5 Å². The van der Waals surface area contributed by atoms with Gasteiger partial charge in [-0.25, -0.2) is 5.43 Å². The number of carbonyl (C=O) groups excluding carboxylic acids is 2. The quantitative estimate of drug-likeness (QED) is 0.499. The molecular weight excluding hydrogens is 340 g/mol. The van der Waals surface area contributed by atoms with Gasteiger partial charge in [-0.1, -0.05) is 17.7 Å². The van der Waals surface area contributed by atoms with Gasteiger partial charge in [-0.3, -0.25) is 9.59 Å². The molecule has 0 spiro atoms. The number of rotatable bonds is 4. The van der Waals surface area contributed by atoms with E-state index in [1.54, 1.807) is 13.8 Å². The molecule has 0 aliphatic rings. The van der Waals surface area contributed by atoms with E-state index < -0.39 is 11.8 Å². The lowest BCUT2D eigenvalue weighted by molar-refractivity contribution is -0.139. The molecule has 0 radical (unpaired) electrons. The summed E-state index contributed by atoms with van der Waals surface area (Å²) >= 11 is 6.07. The Morgan fingerprint density at radius 2 is 1.92 bits per heavy atom. The fraction of sp³-hybridized carbons (Fsp3) is 0.278. The van der Waals surface area contributed by atoms with Crippen molar-refractivity contribution in [3.05, 3.63) is 52.3 Å². The Labute approximate surface area is 151 Å². The monoisotopic (exact) mass is 360 g/mol. The number of amides is 2. The summed E-state index contributed by atoms with van der Waals surface area (Å²) < 4.78 is 2.04. The maximum absolute atomic E-state index is 11.6. The Morgan fingerprint density at radius 3 is 2.56 bits per heavy atom. The molecule has 0 unspecified atom stereocenters. The molecule has 132 valence electrons. The van der Waals surface area contributed by atoms with Crippen molar-refractivity contribution in [3.63, 3.8) is 0 Å². The second-order valence-corrected chi connectivity index (χ2v) is 6.41. The number of hydrogen-bond donors (Lipinski definition) is 2. The number of nitrogens with zero attached hydrogens (tertiary/aromatic N) is 2. The first kappa shape index (κ1) is 18.7. The zero-order valence-corrected chi connectivity index (χ0v) is 15.4. The van der Waals surface area contributed by atoms with E-state index in [9.17, 15) is 9.59 Å². The van der Waals surface area contributed by atoms with Crippen LogP contribution in [0.1, 0.15) is 30.8 Å². The van der Waals surface area contributed by atoms with E-state index in [0.29, 0.717) is 5.02 Å². The van der Waals surface area contributed by atoms with Gasteiger partial charge in [0.15, 0.2) is 0 Å². The van der Waals surface area contributed by atoms with Crippen LogP contribution in [0.25, 0.3) is 5.69 Å². The van der Waals surface area contributed by atoms with Crippen LogP contribution in [0.4, 0.5) is 0 Å². The maximum atomic E-state index is 11.6. The lowest BCUT2D eigenvalue weighted by atomic mass is 10.2. The van der Waals surface area contributed by atoms with Crippen LogP contribution in [-0.4, -0.2) is 28.6 Å². The highest BCUT2D eigenvalue weighted by atomic mass is 35.5. The van der Waals surface area contributed by atoms with Crippen molar-refractivity contribution in [1.82, 2.24) is 15.3 Å². The Hall–Kier alpha value is -2.60. The fourth-order valence-electron chi connectivity index (χ4n) is 2.47. The SMILES string of the molecule is Cc1cc(/C=N/NC(=O)C(=O)NC(C)C)c(C)n1-c1cccc(Cl)c1. The van der Waals surface area contributed by atoms with Crippen LogP contribution < -0.4 is 10.7 Å². The molecule has 0 saturated carbocycles. The average molecular weight is 361 g/mol. The van der Waals surface area contributed by atoms with E-state index in [-0.39, 0.29) is 6.04 Å². The van der Waals surface area contributed by atoms with Crippen molar-refractivity contribution in [2.45, 2.75) is 33.7 Å². The summed E-state index contributed by atoms with van der Waals surface area (Å²) in [6.45, 7) is 7.47. The predicted octanol–water partition coefficient (Wildman–Crippen LogP) is 2.72. The number of hydrazone groups is 1. The molecule has 2 amide bonds. The van der Waals surface area contributed by atoms with Gasteiger partial charge in [0.2, 0.25) is 0 Å². The number of hydrogen-bond acceptors (Lipinski definition) is 3. The Morgan fingerprint density at radius 1 is 1.20 bits per heavy atom. The van der Waals surface area contributed by atoms with Crippen LogP contribution in [0.15, 0.2) is 35.4 Å². The predicted molar refractivity (Wildman–Crippen MR) is 99.3 cm³/mol. The van der Waals surface area contributed by atoms with Crippen LogP contribution in [-0.2, 0) is 9.59 Å². The van der Waals surface area contributed by atoms with Gasteiger partial charge in [-0.15, -0.1) is 0 Å². The van der Waals surface area contributed by atoms with Gasteiger partial charge in [0.1, 0.15) is 0 Å². The molecule has 0 aliphatic heterocycles. The second kappa shape index (κ2) is 7.98. The molecule has 6 nitrogen and oxygen atoms in total. The van der Waals surface area contributed by atoms with Gasteiger partial charge in [-0.2, -0.15) is 5.10 Å². The van der Waals surface area contributed by atoms with Gasteiger partial charge in [-0.05, 0) is 52.0 Å². The van der Waals surface area contributed by atoms with E-state index in [1.807, 2.05) is 48.7 Å².